The molecule has 1 rings (SSSR count). The zero-order valence-corrected chi connectivity index (χ0v) is 13.2. The molecular weight excluding hydrogens is 268 g/mol. The second kappa shape index (κ2) is 8.63. The lowest BCUT2D eigenvalue weighted by molar-refractivity contribution is 0.0742. The molecule has 1 aromatic rings. The SMILES string of the molecule is CCN(C/C=C/C#CC(C)(C)OC)Cc1conc1CO. The lowest BCUT2D eigenvalue weighted by Crippen LogP contribution is -2.23. The van der Waals surface area contributed by atoms with E-state index in [0.29, 0.717) is 12.2 Å². The summed E-state index contributed by atoms with van der Waals surface area (Å²) in [7, 11) is 1.65. The van der Waals surface area contributed by atoms with Crippen molar-refractivity contribution >= 4 is 0 Å². The van der Waals surface area contributed by atoms with Gasteiger partial charge >= 0.3 is 0 Å². The van der Waals surface area contributed by atoms with Crippen molar-refractivity contribution in [1.82, 2.24) is 10.1 Å². The van der Waals surface area contributed by atoms with Crippen LogP contribution in [0.1, 0.15) is 32.0 Å². The minimum Gasteiger partial charge on any atom is -0.390 e. The number of allylic oxidation sites excluding steroid dienone is 1. The van der Waals surface area contributed by atoms with Gasteiger partial charge in [0.1, 0.15) is 17.6 Å². The summed E-state index contributed by atoms with van der Waals surface area (Å²) in [5.74, 6) is 6.01. The molecule has 0 bridgehead atoms. The van der Waals surface area contributed by atoms with Gasteiger partial charge in [-0.3, -0.25) is 4.90 Å². The van der Waals surface area contributed by atoms with Gasteiger partial charge in [0.05, 0.1) is 6.61 Å². The second-order valence-corrected chi connectivity index (χ2v) is 5.16. The van der Waals surface area contributed by atoms with Gasteiger partial charge in [0, 0.05) is 25.8 Å². The van der Waals surface area contributed by atoms with Crippen LogP contribution in [-0.2, 0) is 17.9 Å². The Labute approximate surface area is 126 Å². The molecule has 0 atom stereocenters. The topological polar surface area (TPSA) is 58.7 Å². The molecule has 0 fully saturated rings. The second-order valence-electron chi connectivity index (χ2n) is 5.16. The molecular formula is C16H24N2O3. The van der Waals surface area contributed by atoms with Crippen molar-refractivity contribution in [2.75, 3.05) is 20.2 Å². The van der Waals surface area contributed by atoms with Crippen LogP contribution < -0.4 is 0 Å². The predicted octanol–water partition coefficient (Wildman–Crippen LogP) is 1.97. The first-order chi connectivity index (χ1) is 10.0. The number of hydrogen-bond acceptors (Lipinski definition) is 5. The van der Waals surface area contributed by atoms with Crippen LogP contribution in [0.25, 0.3) is 0 Å². The van der Waals surface area contributed by atoms with Crippen LogP contribution in [0, 0.1) is 11.8 Å². The van der Waals surface area contributed by atoms with Gasteiger partial charge < -0.3 is 14.4 Å². The summed E-state index contributed by atoms with van der Waals surface area (Å²) in [6, 6.07) is 0. The highest BCUT2D eigenvalue weighted by Gasteiger charge is 2.11. The standard InChI is InChI=1S/C16H24N2O3/c1-5-18(11-14-13-21-17-15(14)12-19)10-8-6-7-9-16(2,3)20-4/h6,8,13,19H,5,10-12H2,1-4H3/b8-6+. The molecule has 1 N–H and O–H groups in total. The Hall–Kier alpha value is -1.61. The molecule has 0 aliphatic heterocycles. The Kier molecular flexibility index (Phi) is 7.17. The molecule has 1 aromatic heterocycles. The highest BCUT2D eigenvalue weighted by atomic mass is 16.5. The number of likely N-dealkylation sites (N-methyl/N-ethyl adjacent to an activating group) is 1. The van der Waals surface area contributed by atoms with Gasteiger partial charge in [0.2, 0.25) is 0 Å². The number of nitrogens with zero attached hydrogens (tertiary/aromatic N) is 2. The molecule has 0 radical (unpaired) electrons. The van der Waals surface area contributed by atoms with E-state index in [9.17, 15) is 0 Å². The number of rotatable bonds is 7. The highest BCUT2D eigenvalue weighted by Crippen LogP contribution is 2.10. The van der Waals surface area contributed by atoms with Gasteiger partial charge in [-0.1, -0.05) is 30.0 Å². The zero-order chi connectivity index (χ0) is 15.7. The normalized spacial score (nSPS) is 11.9. The molecule has 1 heterocycles. The van der Waals surface area contributed by atoms with Crippen LogP contribution in [0.2, 0.25) is 0 Å². The van der Waals surface area contributed by atoms with E-state index in [1.165, 1.54) is 0 Å². The summed E-state index contributed by atoms with van der Waals surface area (Å²) >= 11 is 0. The van der Waals surface area contributed by atoms with Gasteiger partial charge in [-0.25, -0.2) is 0 Å². The number of aliphatic hydroxyl groups excluding tert-OH is 1. The monoisotopic (exact) mass is 292 g/mol. The summed E-state index contributed by atoms with van der Waals surface area (Å²) in [6.07, 6.45) is 5.43. The summed E-state index contributed by atoms with van der Waals surface area (Å²) in [6.45, 7) is 8.18. The molecule has 0 aliphatic carbocycles. The van der Waals surface area contributed by atoms with Gasteiger partial charge in [0.15, 0.2) is 0 Å². The van der Waals surface area contributed by atoms with Crippen molar-refractivity contribution in [3.63, 3.8) is 0 Å². The smallest absolute Gasteiger partial charge is 0.128 e. The molecule has 5 nitrogen and oxygen atoms in total. The quantitative estimate of drug-likeness (QED) is 0.779. The Morgan fingerprint density at radius 3 is 2.90 bits per heavy atom. The first-order valence-corrected chi connectivity index (χ1v) is 7.00. The van der Waals surface area contributed by atoms with Crippen LogP contribution in [-0.4, -0.2) is 41.0 Å². The minimum absolute atomic E-state index is 0.100. The Bertz CT molecular complexity index is 509. The van der Waals surface area contributed by atoms with E-state index in [4.69, 9.17) is 14.4 Å². The first-order valence-electron chi connectivity index (χ1n) is 7.00. The minimum atomic E-state index is -0.423. The zero-order valence-electron chi connectivity index (χ0n) is 13.2. The number of ether oxygens (including phenoxy) is 1. The largest absolute Gasteiger partial charge is 0.390 e. The average Bonchev–Trinajstić information content (AvgIpc) is 2.92. The highest BCUT2D eigenvalue weighted by molar-refractivity contribution is 5.21. The molecule has 21 heavy (non-hydrogen) atoms. The lowest BCUT2D eigenvalue weighted by atomic mass is 10.1. The van der Waals surface area contributed by atoms with Gasteiger partial charge in [-0.05, 0) is 26.5 Å². The van der Waals surface area contributed by atoms with Crippen molar-refractivity contribution < 1.29 is 14.4 Å². The van der Waals surface area contributed by atoms with E-state index in [2.05, 4.69) is 28.8 Å². The van der Waals surface area contributed by atoms with Crippen LogP contribution in [0.5, 0.6) is 0 Å². The van der Waals surface area contributed by atoms with Crippen molar-refractivity contribution in [3.05, 3.63) is 29.7 Å². The lowest BCUT2D eigenvalue weighted by Gasteiger charge is -2.17. The van der Waals surface area contributed by atoms with Crippen LogP contribution in [0.4, 0.5) is 0 Å². The molecule has 0 saturated heterocycles. The molecule has 0 aromatic carbocycles. The Morgan fingerprint density at radius 2 is 2.29 bits per heavy atom. The summed E-state index contributed by atoms with van der Waals surface area (Å²) in [5, 5.41) is 12.9. The number of aromatic nitrogens is 1. The van der Waals surface area contributed by atoms with Crippen molar-refractivity contribution in [1.29, 1.82) is 0 Å². The third-order valence-electron chi connectivity index (χ3n) is 3.17. The first kappa shape index (κ1) is 17.4. The predicted molar refractivity (Wildman–Crippen MR) is 81.4 cm³/mol. The molecule has 0 unspecified atom stereocenters. The molecule has 116 valence electrons. The average molecular weight is 292 g/mol. The maximum atomic E-state index is 9.15. The molecule has 5 heteroatoms. The number of hydrogen-bond donors (Lipinski definition) is 1. The van der Waals surface area contributed by atoms with Gasteiger partial charge in [0.25, 0.3) is 0 Å². The number of aliphatic hydroxyl groups is 1. The van der Waals surface area contributed by atoms with E-state index >= 15 is 0 Å². The van der Waals surface area contributed by atoms with E-state index in [1.807, 2.05) is 26.0 Å². The summed E-state index contributed by atoms with van der Waals surface area (Å²) in [5.41, 5.74) is 1.09. The van der Waals surface area contributed by atoms with Gasteiger partial charge in [-0.15, -0.1) is 0 Å². The van der Waals surface area contributed by atoms with Crippen molar-refractivity contribution in [2.45, 2.75) is 39.5 Å². The third-order valence-corrected chi connectivity index (χ3v) is 3.17. The summed E-state index contributed by atoms with van der Waals surface area (Å²) in [4.78, 5) is 2.20. The summed E-state index contributed by atoms with van der Waals surface area (Å²) < 4.78 is 10.1. The molecule has 0 saturated carbocycles. The molecule has 0 spiro atoms. The van der Waals surface area contributed by atoms with E-state index in [1.54, 1.807) is 13.4 Å². The number of methoxy groups -OCH3 is 1. The van der Waals surface area contributed by atoms with E-state index in [0.717, 1.165) is 18.7 Å². The van der Waals surface area contributed by atoms with E-state index in [-0.39, 0.29) is 6.61 Å². The maximum Gasteiger partial charge on any atom is 0.128 e. The fraction of sp³-hybridized carbons (Fsp3) is 0.562. The molecule has 0 aliphatic rings. The third kappa shape index (κ3) is 6.13. The maximum absolute atomic E-state index is 9.15. The van der Waals surface area contributed by atoms with Crippen molar-refractivity contribution in [3.8, 4) is 11.8 Å². The Morgan fingerprint density at radius 1 is 1.52 bits per heavy atom. The molecule has 0 amide bonds. The fourth-order valence-electron chi connectivity index (χ4n) is 1.61. The van der Waals surface area contributed by atoms with Crippen LogP contribution >= 0.6 is 0 Å². The Balaban J connectivity index is 2.52. The van der Waals surface area contributed by atoms with Crippen LogP contribution in [0.15, 0.2) is 22.9 Å². The van der Waals surface area contributed by atoms with Crippen molar-refractivity contribution in [2.24, 2.45) is 0 Å². The van der Waals surface area contributed by atoms with Gasteiger partial charge in [-0.2, -0.15) is 0 Å². The van der Waals surface area contributed by atoms with E-state index < -0.39 is 5.60 Å². The fourth-order valence-corrected chi connectivity index (χ4v) is 1.61. The van der Waals surface area contributed by atoms with Crippen LogP contribution in [0.3, 0.4) is 0 Å².